The molecular formula is C33H34F7N3O. The lowest BCUT2D eigenvalue weighted by molar-refractivity contribution is -0.143. The molecule has 44 heavy (non-hydrogen) atoms. The first kappa shape index (κ1) is 31.8. The Balaban J connectivity index is 1.46. The Morgan fingerprint density at radius 3 is 2.16 bits per heavy atom. The van der Waals surface area contributed by atoms with E-state index < -0.39 is 47.4 Å². The van der Waals surface area contributed by atoms with Crippen LogP contribution in [0.15, 0.2) is 66.7 Å². The van der Waals surface area contributed by atoms with Crippen molar-refractivity contribution in [3.05, 3.63) is 106 Å². The number of urea groups is 1. The molecule has 3 aromatic carbocycles. The average Bonchev–Trinajstić information content (AvgIpc) is 3.37. The minimum Gasteiger partial charge on any atom is -0.321 e. The predicted molar refractivity (Wildman–Crippen MR) is 152 cm³/mol. The number of nitrogens with zero attached hydrogens (tertiary/aromatic N) is 3. The van der Waals surface area contributed by atoms with Crippen LogP contribution in [0, 0.1) is 24.6 Å². The maximum atomic E-state index is 14.1. The van der Waals surface area contributed by atoms with Gasteiger partial charge in [0.15, 0.2) is 0 Å². The van der Waals surface area contributed by atoms with Crippen molar-refractivity contribution in [3.8, 4) is 0 Å². The third-order valence-electron chi connectivity index (χ3n) is 9.07. The molecule has 2 saturated heterocycles. The van der Waals surface area contributed by atoms with Crippen molar-refractivity contribution >= 4 is 6.03 Å². The van der Waals surface area contributed by atoms with Crippen molar-refractivity contribution in [2.45, 2.75) is 51.2 Å². The van der Waals surface area contributed by atoms with Crippen LogP contribution in [0.3, 0.4) is 0 Å². The molecular weight excluding hydrogens is 587 g/mol. The quantitative estimate of drug-likeness (QED) is 0.267. The summed E-state index contributed by atoms with van der Waals surface area (Å²) in [5, 5.41) is 0. The van der Waals surface area contributed by atoms with Crippen LogP contribution in [0.4, 0.5) is 35.5 Å². The van der Waals surface area contributed by atoms with Gasteiger partial charge in [-0.2, -0.15) is 26.3 Å². The fourth-order valence-corrected chi connectivity index (χ4v) is 6.69. The van der Waals surface area contributed by atoms with Crippen LogP contribution >= 0.6 is 0 Å². The average molecular weight is 622 g/mol. The summed E-state index contributed by atoms with van der Waals surface area (Å²) in [6, 6.07) is 13.8. The number of hydrogen-bond acceptors (Lipinski definition) is 2. The molecule has 0 bridgehead atoms. The first-order valence-electron chi connectivity index (χ1n) is 14.5. The molecule has 5 rings (SSSR count). The smallest absolute Gasteiger partial charge is 0.321 e. The zero-order valence-electron chi connectivity index (χ0n) is 24.6. The van der Waals surface area contributed by atoms with Crippen LogP contribution in [-0.4, -0.2) is 47.4 Å². The molecule has 2 heterocycles. The largest absolute Gasteiger partial charge is 0.416 e. The van der Waals surface area contributed by atoms with E-state index in [0.717, 1.165) is 24.2 Å². The minimum absolute atomic E-state index is 0.00494. The van der Waals surface area contributed by atoms with Gasteiger partial charge in [0.2, 0.25) is 0 Å². The van der Waals surface area contributed by atoms with E-state index in [1.807, 2.05) is 30.3 Å². The van der Waals surface area contributed by atoms with Gasteiger partial charge in [-0.25, -0.2) is 9.18 Å². The molecule has 0 N–H and O–H groups in total. The number of piperidine rings is 1. The van der Waals surface area contributed by atoms with Gasteiger partial charge in [-0.1, -0.05) is 36.4 Å². The molecule has 4 nitrogen and oxygen atoms in total. The van der Waals surface area contributed by atoms with E-state index in [4.69, 9.17) is 0 Å². The van der Waals surface area contributed by atoms with E-state index in [-0.39, 0.29) is 23.5 Å². The minimum atomic E-state index is -5.00. The highest BCUT2D eigenvalue weighted by molar-refractivity contribution is 5.75. The lowest BCUT2D eigenvalue weighted by Crippen LogP contribution is -2.51. The van der Waals surface area contributed by atoms with Crippen LogP contribution in [0.5, 0.6) is 0 Å². The number of hydrogen-bond donors (Lipinski definition) is 0. The van der Waals surface area contributed by atoms with Gasteiger partial charge in [0, 0.05) is 39.1 Å². The Bertz CT molecular complexity index is 1460. The van der Waals surface area contributed by atoms with Crippen LogP contribution in [0.1, 0.15) is 58.8 Å². The molecule has 0 radical (unpaired) electrons. The second-order valence-electron chi connectivity index (χ2n) is 11.9. The summed E-state index contributed by atoms with van der Waals surface area (Å²) in [5.74, 6) is -0.170. The second-order valence-corrected chi connectivity index (χ2v) is 11.9. The summed E-state index contributed by atoms with van der Waals surface area (Å²) in [5.41, 5.74) is -0.544. The Morgan fingerprint density at radius 2 is 1.57 bits per heavy atom. The van der Waals surface area contributed by atoms with Gasteiger partial charge >= 0.3 is 18.4 Å². The van der Waals surface area contributed by atoms with Gasteiger partial charge in [-0.15, -0.1) is 0 Å². The number of alkyl halides is 6. The zero-order chi connectivity index (χ0) is 32.0. The molecule has 11 heteroatoms. The molecule has 0 aliphatic carbocycles. The molecule has 3 unspecified atom stereocenters. The highest BCUT2D eigenvalue weighted by atomic mass is 19.4. The topological polar surface area (TPSA) is 26.8 Å². The third-order valence-corrected chi connectivity index (χ3v) is 9.07. The maximum absolute atomic E-state index is 14.1. The zero-order valence-corrected chi connectivity index (χ0v) is 24.6. The van der Waals surface area contributed by atoms with E-state index >= 15 is 0 Å². The van der Waals surface area contributed by atoms with Gasteiger partial charge in [0.25, 0.3) is 0 Å². The fourth-order valence-electron chi connectivity index (χ4n) is 6.69. The predicted octanol–water partition coefficient (Wildman–Crippen LogP) is 8.48. The molecule has 3 aromatic rings. The van der Waals surface area contributed by atoms with E-state index in [0.29, 0.717) is 37.2 Å². The summed E-state index contributed by atoms with van der Waals surface area (Å²) in [6.07, 6.45) is -9.32. The van der Waals surface area contributed by atoms with Crippen molar-refractivity contribution in [1.29, 1.82) is 0 Å². The summed E-state index contributed by atoms with van der Waals surface area (Å²) < 4.78 is 95.5. The van der Waals surface area contributed by atoms with Gasteiger partial charge in [0.1, 0.15) is 5.82 Å². The Labute approximate surface area is 252 Å². The number of benzene rings is 3. The number of fused-ring (bicyclic) bond motifs is 1. The third kappa shape index (κ3) is 6.57. The fraction of sp³-hybridized carbons (Fsp3) is 0.424. The van der Waals surface area contributed by atoms with Crippen molar-refractivity contribution in [3.63, 3.8) is 0 Å². The molecule has 2 fully saturated rings. The summed E-state index contributed by atoms with van der Waals surface area (Å²) in [4.78, 5) is 19.3. The van der Waals surface area contributed by atoms with Gasteiger partial charge in [-0.05, 0) is 78.8 Å². The number of halogens is 7. The summed E-state index contributed by atoms with van der Waals surface area (Å²) in [6.45, 7) is 5.74. The van der Waals surface area contributed by atoms with Crippen molar-refractivity contribution in [2.75, 3.05) is 26.7 Å². The first-order valence-corrected chi connectivity index (χ1v) is 14.5. The normalized spacial score (nSPS) is 21.7. The van der Waals surface area contributed by atoms with Crippen LogP contribution in [-0.2, 0) is 18.9 Å². The van der Waals surface area contributed by atoms with E-state index in [1.165, 1.54) is 31.0 Å². The Kier molecular flexibility index (Phi) is 8.72. The van der Waals surface area contributed by atoms with E-state index in [9.17, 15) is 35.5 Å². The highest BCUT2D eigenvalue weighted by Crippen LogP contribution is 2.46. The molecule has 2 amide bonds. The molecule has 0 saturated carbocycles. The molecule has 2 aliphatic rings. The summed E-state index contributed by atoms with van der Waals surface area (Å²) in [7, 11) is 1.39. The van der Waals surface area contributed by atoms with Crippen LogP contribution < -0.4 is 0 Å². The maximum Gasteiger partial charge on any atom is 0.416 e. The molecule has 4 atom stereocenters. The van der Waals surface area contributed by atoms with E-state index in [1.54, 1.807) is 17.9 Å². The number of likely N-dealkylation sites (tertiary alicyclic amines) is 2. The number of carbonyl (C=O) groups excluding carboxylic acids is 1. The number of rotatable bonds is 5. The molecule has 2 aliphatic heterocycles. The Hall–Kier alpha value is -3.60. The van der Waals surface area contributed by atoms with Crippen molar-refractivity contribution in [1.82, 2.24) is 14.7 Å². The van der Waals surface area contributed by atoms with Crippen molar-refractivity contribution < 1.29 is 35.5 Å². The second kappa shape index (κ2) is 12.1. The number of amides is 2. The molecule has 0 spiro atoms. The highest BCUT2D eigenvalue weighted by Gasteiger charge is 2.47. The van der Waals surface area contributed by atoms with Crippen LogP contribution in [0.2, 0.25) is 0 Å². The standard InChI is InChI=1S/C33H34F7N3O/c1-20-13-27(34)9-10-28(20)30-29-19-42(17-22-7-5-4-6-8-22)18-23(29)11-12-43(30)31(44)41(3)21(2)24-14-25(32(35,36)37)16-26(15-24)33(38,39)40/h4-10,13-16,21,23,29-30H,11-12,17-19H2,1-3H3/t21?,23?,29-,30?/m1/s1. The van der Waals surface area contributed by atoms with Crippen LogP contribution in [0.25, 0.3) is 0 Å². The Morgan fingerprint density at radius 1 is 0.932 bits per heavy atom. The monoisotopic (exact) mass is 621 g/mol. The number of carbonyl (C=O) groups is 1. The molecule has 236 valence electrons. The summed E-state index contributed by atoms with van der Waals surface area (Å²) >= 11 is 0. The van der Waals surface area contributed by atoms with E-state index in [2.05, 4.69) is 4.90 Å². The lowest BCUT2D eigenvalue weighted by atomic mass is 9.78. The molecule has 0 aromatic heterocycles. The van der Waals surface area contributed by atoms with Crippen molar-refractivity contribution in [2.24, 2.45) is 11.8 Å². The van der Waals surface area contributed by atoms with Gasteiger partial charge < -0.3 is 9.80 Å². The number of aryl methyl sites for hydroxylation is 1. The van der Waals surface area contributed by atoms with Gasteiger partial charge in [-0.3, -0.25) is 4.90 Å². The lowest BCUT2D eigenvalue weighted by Gasteiger charge is -2.45. The SMILES string of the molecule is Cc1cc(F)ccc1C1[C@@H]2CN(Cc3ccccc3)CC2CCN1C(=O)N(C)C(C)c1cc(C(F)(F)F)cc(C(F)(F)F)c1. The van der Waals surface area contributed by atoms with Gasteiger partial charge in [0.05, 0.1) is 23.2 Å². The first-order chi connectivity index (χ1) is 20.6.